The van der Waals surface area contributed by atoms with E-state index in [1.165, 1.54) is 0 Å². The molecule has 0 radical (unpaired) electrons. The summed E-state index contributed by atoms with van der Waals surface area (Å²) >= 11 is 0. The van der Waals surface area contributed by atoms with Crippen LogP contribution in [0.15, 0.2) is 9.98 Å². The second-order valence-corrected chi connectivity index (χ2v) is 7.40. The second-order valence-electron chi connectivity index (χ2n) is 7.40. The molecule has 0 aromatic heterocycles. The molecule has 0 saturated carbocycles. The number of piperazine rings is 1. The molecule has 1 atom stereocenters. The van der Waals surface area contributed by atoms with Gasteiger partial charge in [-0.15, -0.1) is 0 Å². The first-order chi connectivity index (χ1) is 13.7. The predicted octanol–water partition coefficient (Wildman–Crippen LogP) is -1.92. The standard InChI is InChI=1S/C18H37N9O2/c1-25(2)14(6-5-9-24-18(21)22)16(29)27-12-10-26(11-13-27)15(28)7-3-4-8-23-17(19)20/h14H,3-13H2,1-2H3,(H4,19,20,23)(H4,21,22,24). The van der Waals surface area contributed by atoms with Crippen molar-refractivity contribution in [2.45, 2.75) is 38.1 Å². The Balaban J connectivity index is 2.40. The Morgan fingerprint density at radius 3 is 1.90 bits per heavy atom. The van der Waals surface area contributed by atoms with Crippen LogP contribution >= 0.6 is 0 Å². The Kier molecular flexibility index (Phi) is 10.8. The average molecular weight is 412 g/mol. The molecule has 1 saturated heterocycles. The van der Waals surface area contributed by atoms with Gasteiger partial charge in [0.1, 0.15) is 0 Å². The summed E-state index contributed by atoms with van der Waals surface area (Å²) in [6.07, 6.45) is 3.39. The second kappa shape index (κ2) is 12.8. The smallest absolute Gasteiger partial charge is 0.240 e. The number of carbonyl (C=O) groups is 2. The van der Waals surface area contributed by atoms with Crippen molar-refractivity contribution in [2.75, 3.05) is 53.4 Å². The van der Waals surface area contributed by atoms with E-state index < -0.39 is 0 Å². The van der Waals surface area contributed by atoms with Gasteiger partial charge in [0.05, 0.1) is 6.04 Å². The fraction of sp³-hybridized carbons (Fsp3) is 0.778. The number of rotatable bonds is 11. The fourth-order valence-corrected chi connectivity index (χ4v) is 3.24. The highest BCUT2D eigenvalue weighted by Crippen LogP contribution is 2.12. The van der Waals surface area contributed by atoms with Crippen molar-refractivity contribution in [3.63, 3.8) is 0 Å². The number of unbranched alkanes of at least 4 members (excludes halogenated alkanes) is 1. The molecule has 8 N–H and O–H groups in total. The summed E-state index contributed by atoms with van der Waals surface area (Å²) in [5.74, 6) is 0.339. The Labute approximate surface area is 173 Å². The number of hydrogen-bond donors (Lipinski definition) is 4. The average Bonchev–Trinajstić information content (AvgIpc) is 2.66. The number of guanidine groups is 2. The monoisotopic (exact) mass is 411 g/mol. The van der Waals surface area contributed by atoms with Gasteiger partial charge in [-0.05, 0) is 39.8 Å². The van der Waals surface area contributed by atoms with Crippen LogP contribution in [0.2, 0.25) is 0 Å². The van der Waals surface area contributed by atoms with Gasteiger partial charge in [-0.25, -0.2) is 0 Å². The molecule has 1 aliphatic heterocycles. The number of aliphatic imine (C=N–C) groups is 2. The highest BCUT2D eigenvalue weighted by molar-refractivity contribution is 5.82. The van der Waals surface area contributed by atoms with Gasteiger partial charge in [0.2, 0.25) is 11.8 Å². The van der Waals surface area contributed by atoms with Gasteiger partial charge in [0, 0.05) is 45.7 Å². The molecule has 0 aliphatic carbocycles. The van der Waals surface area contributed by atoms with Gasteiger partial charge < -0.3 is 32.7 Å². The topological polar surface area (TPSA) is 173 Å². The van der Waals surface area contributed by atoms with Crippen molar-refractivity contribution >= 4 is 23.7 Å². The van der Waals surface area contributed by atoms with E-state index in [1.54, 1.807) is 0 Å². The number of amides is 2. The quantitative estimate of drug-likeness (QED) is 0.174. The van der Waals surface area contributed by atoms with Crippen molar-refractivity contribution in [1.82, 2.24) is 14.7 Å². The number of nitrogens with two attached hydrogens (primary N) is 4. The van der Waals surface area contributed by atoms with Crippen LogP contribution < -0.4 is 22.9 Å². The van der Waals surface area contributed by atoms with E-state index in [0.717, 1.165) is 19.3 Å². The molecule has 2 amide bonds. The molecular weight excluding hydrogens is 374 g/mol. The number of nitrogens with zero attached hydrogens (tertiary/aromatic N) is 5. The molecule has 0 spiro atoms. The summed E-state index contributed by atoms with van der Waals surface area (Å²) in [6.45, 7) is 3.27. The first-order valence-corrected chi connectivity index (χ1v) is 10.1. The summed E-state index contributed by atoms with van der Waals surface area (Å²) in [6, 6.07) is -0.220. The molecule has 11 nitrogen and oxygen atoms in total. The minimum absolute atomic E-state index is 0.0646. The zero-order chi connectivity index (χ0) is 21.8. The van der Waals surface area contributed by atoms with E-state index in [1.807, 2.05) is 28.8 Å². The van der Waals surface area contributed by atoms with Crippen LogP contribution in [0.4, 0.5) is 0 Å². The summed E-state index contributed by atoms with van der Waals surface area (Å²) in [4.78, 5) is 38.7. The highest BCUT2D eigenvalue weighted by Gasteiger charge is 2.29. The third-order valence-corrected chi connectivity index (χ3v) is 4.88. The maximum Gasteiger partial charge on any atom is 0.240 e. The van der Waals surface area contributed by atoms with Gasteiger partial charge in [-0.1, -0.05) is 0 Å². The Morgan fingerprint density at radius 2 is 1.38 bits per heavy atom. The molecule has 0 aromatic carbocycles. The zero-order valence-electron chi connectivity index (χ0n) is 17.7. The normalized spacial score (nSPS) is 15.1. The molecular formula is C18H37N9O2. The lowest BCUT2D eigenvalue weighted by Gasteiger charge is -2.37. The van der Waals surface area contributed by atoms with E-state index in [2.05, 4.69) is 9.98 Å². The van der Waals surface area contributed by atoms with Gasteiger partial charge in [0.25, 0.3) is 0 Å². The molecule has 11 heteroatoms. The van der Waals surface area contributed by atoms with Crippen LogP contribution in [0.25, 0.3) is 0 Å². The predicted molar refractivity (Wildman–Crippen MR) is 115 cm³/mol. The van der Waals surface area contributed by atoms with Gasteiger partial charge in [-0.2, -0.15) is 0 Å². The molecule has 1 heterocycles. The first kappa shape index (κ1) is 24.5. The summed E-state index contributed by atoms with van der Waals surface area (Å²) in [5.41, 5.74) is 21.2. The van der Waals surface area contributed by atoms with E-state index in [0.29, 0.717) is 52.1 Å². The molecule has 1 aliphatic rings. The van der Waals surface area contributed by atoms with Crippen molar-refractivity contribution in [3.8, 4) is 0 Å². The van der Waals surface area contributed by atoms with Crippen molar-refractivity contribution in [3.05, 3.63) is 0 Å². The van der Waals surface area contributed by atoms with Gasteiger partial charge in [0.15, 0.2) is 11.9 Å². The zero-order valence-corrected chi connectivity index (χ0v) is 17.7. The molecule has 166 valence electrons. The molecule has 0 bridgehead atoms. The Morgan fingerprint density at radius 1 is 0.862 bits per heavy atom. The minimum Gasteiger partial charge on any atom is -0.370 e. The van der Waals surface area contributed by atoms with E-state index in [-0.39, 0.29) is 29.8 Å². The highest BCUT2D eigenvalue weighted by atomic mass is 16.2. The van der Waals surface area contributed by atoms with Gasteiger partial charge >= 0.3 is 0 Å². The van der Waals surface area contributed by atoms with E-state index in [4.69, 9.17) is 22.9 Å². The minimum atomic E-state index is -0.220. The number of likely N-dealkylation sites (N-methyl/N-ethyl adjacent to an activating group) is 1. The van der Waals surface area contributed by atoms with Gasteiger partial charge in [-0.3, -0.25) is 24.5 Å². The molecule has 0 aromatic rings. The summed E-state index contributed by atoms with van der Waals surface area (Å²) in [7, 11) is 3.79. The number of hydrogen-bond acceptors (Lipinski definition) is 5. The van der Waals surface area contributed by atoms with Crippen LogP contribution in [0.3, 0.4) is 0 Å². The summed E-state index contributed by atoms with van der Waals surface area (Å²) in [5, 5.41) is 0. The lowest BCUT2D eigenvalue weighted by Crippen LogP contribution is -2.55. The lowest BCUT2D eigenvalue weighted by molar-refractivity contribution is -0.142. The molecule has 1 unspecified atom stereocenters. The van der Waals surface area contributed by atoms with Crippen LogP contribution in [0.5, 0.6) is 0 Å². The van der Waals surface area contributed by atoms with Crippen LogP contribution in [-0.2, 0) is 9.59 Å². The third kappa shape index (κ3) is 9.46. The SMILES string of the molecule is CN(C)C(CCCN=C(N)N)C(=O)N1CCN(C(=O)CCCCN=C(N)N)CC1. The van der Waals surface area contributed by atoms with E-state index in [9.17, 15) is 9.59 Å². The van der Waals surface area contributed by atoms with Crippen LogP contribution in [0.1, 0.15) is 32.1 Å². The molecule has 1 rings (SSSR count). The molecule has 1 fully saturated rings. The lowest BCUT2D eigenvalue weighted by atomic mass is 10.1. The fourth-order valence-electron chi connectivity index (χ4n) is 3.24. The van der Waals surface area contributed by atoms with Crippen LogP contribution in [0, 0.1) is 0 Å². The van der Waals surface area contributed by atoms with Crippen LogP contribution in [-0.4, -0.2) is 97.8 Å². The largest absolute Gasteiger partial charge is 0.370 e. The van der Waals surface area contributed by atoms with E-state index >= 15 is 0 Å². The maximum atomic E-state index is 12.9. The first-order valence-electron chi connectivity index (χ1n) is 10.1. The van der Waals surface area contributed by atoms with Crippen molar-refractivity contribution in [2.24, 2.45) is 32.9 Å². The molecule has 29 heavy (non-hydrogen) atoms. The maximum absolute atomic E-state index is 12.9. The Bertz CT molecular complexity index is 576. The summed E-state index contributed by atoms with van der Waals surface area (Å²) < 4.78 is 0. The Hall–Kier alpha value is -2.56. The van der Waals surface area contributed by atoms with Crippen molar-refractivity contribution in [1.29, 1.82) is 0 Å². The number of carbonyl (C=O) groups excluding carboxylic acids is 2. The van der Waals surface area contributed by atoms with Crippen molar-refractivity contribution < 1.29 is 9.59 Å². The third-order valence-electron chi connectivity index (χ3n) is 4.88.